The predicted octanol–water partition coefficient (Wildman–Crippen LogP) is 4.31. The van der Waals surface area contributed by atoms with Crippen molar-refractivity contribution >= 4 is 26.9 Å². The molecule has 90 valence electrons. The van der Waals surface area contributed by atoms with Gasteiger partial charge in [-0.05, 0) is 17.0 Å². The molecule has 0 amide bonds. The topological polar surface area (TPSA) is 4.10 Å². The van der Waals surface area contributed by atoms with E-state index in [1.807, 2.05) is 11.3 Å². The number of benzene rings is 2. The van der Waals surface area contributed by atoms with E-state index in [0.29, 0.717) is 0 Å². The van der Waals surface area contributed by atoms with Gasteiger partial charge in [0.15, 0.2) is 12.4 Å². The molecule has 2 heteroatoms. The van der Waals surface area contributed by atoms with Crippen molar-refractivity contribution in [2.45, 2.75) is 0 Å². The quantitative estimate of drug-likeness (QED) is 0.450. The normalized spacial score (nSPS) is 11.2. The summed E-state index contributed by atoms with van der Waals surface area (Å²) in [5.41, 5.74) is 1.28. The number of pyridine rings is 1. The average Bonchev–Trinajstić information content (AvgIpc) is 2.93. The maximum Gasteiger partial charge on any atom is 0.275 e. The zero-order valence-electron chi connectivity index (χ0n) is 10.3. The molecule has 0 fully saturated rings. The zero-order chi connectivity index (χ0) is 12.7. The van der Waals surface area contributed by atoms with Crippen LogP contribution in [0.15, 0.2) is 73.1 Å². The molecule has 19 heavy (non-hydrogen) atoms. The minimum absolute atomic E-state index is 1.28. The Balaban J connectivity index is 2.04. The third kappa shape index (κ3) is 1.72. The maximum atomic E-state index is 2.22. The zero-order valence-corrected chi connectivity index (χ0v) is 11.1. The van der Waals surface area contributed by atoms with Crippen LogP contribution in [-0.4, -0.2) is 0 Å². The first-order chi connectivity index (χ1) is 9.42. The second-order valence-corrected chi connectivity index (χ2v) is 5.61. The number of fused-ring (bicyclic) bond motifs is 3. The summed E-state index contributed by atoms with van der Waals surface area (Å²) in [7, 11) is 0. The number of aromatic nitrogens is 1. The Labute approximate surface area is 115 Å². The molecule has 4 rings (SSSR count). The number of thiazole rings is 1. The molecule has 4 aromatic rings. The first kappa shape index (κ1) is 10.7. The Hall–Kier alpha value is -2.19. The molecule has 0 spiro atoms. The summed E-state index contributed by atoms with van der Waals surface area (Å²) in [5, 5.41) is 2.61. The highest BCUT2D eigenvalue weighted by molar-refractivity contribution is 7.20. The smallest absolute Gasteiger partial charge is 0.156 e. The van der Waals surface area contributed by atoms with Crippen LogP contribution in [0.5, 0.6) is 0 Å². The SMILES string of the molecule is c1ccc(-c2c[n+]3ccc4ccccc4c3s2)cc1. The summed E-state index contributed by atoms with van der Waals surface area (Å²) in [4.78, 5) is 2.61. The Kier molecular flexibility index (Phi) is 2.35. The van der Waals surface area contributed by atoms with Gasteiger partial charge in [-0.15, -0.1) is 0 Å². The highest BCUT2D eigenvalue weighted by Gasteiger charge is 2.14. The van der Waals surface area contributed by atoms with Gasteiger partial charge in [-0.3, -0.25) is 0 Å². The molecule has 2 aromatic carbocycles. The van der Waals surface area contributed by atoms with Gasteiger partial charge < -0.3 is 0 Å². The highest BCUT2D eigenvalue weighted by Crippen LogP contribution is 2.29. The molecular weight excluding hydrogens is 250 g/mol. The van der Waals surface area contributed by atoms with E-state index in [1.54, 1.807) is 0 Å². The van der Waals surface area contributed by atoms with E-state index in [4.69, 9.17) is 0 Å². The van der Waals surface area contributed by atoms with E-state index >= 15 is 0 Å². The van der Waals surface area contributed by atoms with Crippen molar-refractivity contribution in [1.29, 1.82) is 0 Å². The van der Waals surface area contributed by atoms with Crippen LogP contribution < -0.4 is 4.40 Å². The number of rotatable bonds is 1. The van der Waals surface area contributed by atoms with Crippen LogP contribution in [0.4, 0.5) is 0 Å². The lowest BCUT2D eigenvalue weighted by Crippen LogP contribution is -2.16. The largest absolute Gasteiger partial charge is 0.275 e. The Morgan fingerprint density at radius 1 is 0.789 bits per heavy atom. The molecule has 2 heterocycles. The fourth-order valence-electron chi connectivity index (χ4n) is 2.41. The fraction of sp³-hybridized carbons (Fsp3) is 0. The Morgan fingerprint density at radius 3 is 2.47 bits per heavy atom. The van der Waals surface area contributed by atoms with Crippen molar-refractivity contribution in [3.8, 4) is 10.4 Å². The second-order valence-electron chi connectivity index (χ2n) is 4.58. The first-order valence-corrected chi connectivity index (χ1v) is 7.11. The van der Waals surface area contributed by atoms with Crippen molar-refractivity contribution in [3.63, 3.8) is 0 Å². The van der Waals surface area contributed by atoms with Crippen molar-refractivity contribution in [1.82, 2.24) is 0 Å². The highest BCUT2D eigenvalue weighted by atomic mass is 32.1. The average molecular weight is 262 g/mol. The van der Waals surface area contributed by atoms with Crippen LogP contribution in [0.3, 0.4) is 0 Å². The van der Waals surface area contributed by atoms with Gasteiger partial charge in [-0.1, -0.05) is 59.9 Å². The summed E-state index contributed by atoms with van der Waals surface area (Å²) >= 11 is 1.84. The van der Waals surface area contributed by atoms with Gasteiger partial charge in [-0.25, -0.2) is 0 Å². The van der Waals surface area contributed by atoms with Crippen LogP contribution in [0, 0.1) is 0 Å². The minimum Gasteiger partial charge on any atom is -0.156 e. The van der Waals surface area contributed by atoms with Gasteiger partial charge in [0.05, 0.1) is 5.39 Å². The Bertz CT molecular complexity index is 862. The third-order valence-corrected chi connectivity index (χ3v) is 4.55. The van der Waals surface area contributed by atoms with Crippen LogP contribution in [0.2, 0.25) is 0 Å². The molecule has 0 atom stereocenters. The van der Waals surface area contributed by atoms with Gasteiger partial charge in [0.1, 0.15) is 4.88 Å². The van der Waals surface area contributed by atoms with E-state index in [1.165, 1.54) is 26.0 Å². The molecule has 0 N–H and O–H groups in total. The second kappa shape index (κ2) is 4.18. The number of nitrogens with zero attached hydrogens (tertiary/aromatic N) is 1. The number of hydrogen-bond acceptors (Lipinski definition) is 1. The molecule has 0 bridgehead atoms. The maximum absolute atomic E-state index is 2.22. The molecule has 0 aliphatic carbocycles. The summed E-state index contributed by atoms with van der Waals surface area (Å²) in [6, 6.07) is 21.3. The molecule has 0 aliphatic heterocycles. The van der Waals surface area contributed by atoms with Crippen LogP contribution in [0.25, 0.3) is 26.0 Å². The summed E-state index contributed by atoms with van der Waals surface area (Å²) in [5.74, 6) is 0. The van der Waals surface area contributed by atoms with Gasteiger partial charge in [0, 0.05) is 6.07 Å². The lowest BCUT2D eigenvalue weighted by Gasteiger charge is -1.92. The van der Waals surface area contributed by atoms with Crippen molar-refractivity contribution < 1.29 is 4.40 Å². The standard InChI is InChI=1S/C17H12NS/c1-2-7-14(8-3-1)16-12-18-11-10-13-6-4-5-9-15(13)17(18)19-16/h1-12H/q+1. The van der Waals surface area contributed by atoms with Crippen molar-refractivity contribution in [2.24, 2.45) is 0 Å². The van der Waals surface area contributed by atoms with E-state index < -0.39 is 0 Å². The minimum atomic E-state index is 1.28. The molecular formula is C17H12NS+. The molecule has 0 saturated carbocycles. The molecule has 1 nitrogen and oxygen atoms in total. The van der Waals surface area contributed by atoms with E-state index in [2.05, 4.69) is 77.5 Å². The third-order valence-electron chi connectivity index (χ3n) is 3.36. The van der Waals surface area contributed by atoms with Gasteiger partial charge in [0.25, 0.3) is 4.83 Å². The van der Waals surface area contributed by atoms with Crippen LogP contribution in [0.1, 0.15) is 0 Å². The monoisotopic (exact) mass is 262 g/mol. The lowest BCUT2D eigenvalue weighted by atomic mass is 10.2. The first-order valence-electron chi connectivity index (χ1n) is 6.30. The summed E-state index contributed by atoms with van der Waals surface area (Å²) in [6.45, 7) is 0. The summed E-state index contributed by atoms with van der Waals surface area (Å²) in [6.07, 6.45) is 4.35. The van der Waals surface area contributed by atoms with E-state index in [9.17, 15) is 0 Å². The van der Waals surface area contributed by atoms with Gasteiger partial charge in [-0.2, -0.15) is 4.40 Å². The molecule has 0 aliphatic rings. The van der Waals surface area contributed by atoms with Crippen LogP contribution >= 0.6 is 11.3 Å². The van der Waals surface area contributed by atoms with Gasteiger partial charge in [0.2, 0.25) is 0 Å². The van der Waals surface area contributed by atoms with Crippen molar-refractivity contribution in [3.05, 3.63) is 73.1 Å². The fourth-order valence-corrected chi connectivity index (χ4v) is 3.55. The van der Waals surface area contributed by atoms with Crippen molar-refractivity contribution in [2.75, 3.05) is 0 Å². The van der Waals surface area contributed by atoms with Crippen LogP contribution in [-0.2, 0) is 0 Å². The predicted molar refractivity (Wildman–Crippen MR) is 80.4 cm³/mol. The Morgan fingerprint density at radius 2 is 1.58 bits per heavy atom. The molecule has 2 aromatic heterocycles. The van der Waals surface area contributed by atoms with E-state index in [-0.39, 0.29) is 0 Å². The molecule has 0 radical (unpaired) electrons. The summed E-state index contributed by atoms with van der Waals surface area (Å²) < 4.78 is 2.22. The molecule has 0 unspecified atom stereocenters. The molecule has 0 saturated heterocycles. The lowest BCUT2D eigenvalue weighted by molar-refractivity contribution is -0.505. The van der Waals surface area contributed by atoms with E-state index in [0.717, 1.165) is 0 Å². The van der Waals surface area contributed by atoms with Gasteiger partial charge >= 0.3 is 0 Å². The number of hydrogen-bond donors (Lipinski definition) is 0.